The first-order valence-electron chi connectivity index (χ1n) is 10.6. The second-order valence-electron chi connectivity index (χ2n) is 7.82. The summed E-state index contributed by atoms with van der Waals surface area (Å²) < 4.78 is 42.8. The van der Waals surface area contributed by atoms with Gasteiger partial charge in [0.25, 0.3) is 0 Å². The highest BCUT2D eigenvalue weighted by Crippen LogP contribution is 2.32. The van der Waals surface area contributed by atoms with E-state index in [0.717, 1.165) is 27.8 Å². The number of ether oxygens (including phenoxy) is 2. The number of methoxy groups -OCH3 is 1. The summed E-state index contributed by atoms with van der Waals surface area (Å²) in [6, 6.07) is 13.8. The number of nitrogen functional groups attached to an aromatic ring is 1. The quantitative estimate of drug-likeness (QED) is 0.132. The molecule has 0 bridgehead atoms. The van der Waals surface area contributed by atoms with E-state index >= 15 is 0 Å². The predicted molar refractivity (Wildman–Crippen MR) is 132 cm³/mol. The van der Waals surface area contributed by atoms with Crippen molar-refractivity contribution in [3.8, 4) is 11.5 Å². The van der Waals surface area contributed by atoms with Gasteiger partial charge in [0.2, 0.25) is 0 Å². The van der Waals surface area contributed by atoms with Crippen LogP contribution >= 0.6 is 0 Å². The van der Waals surface area contributed by atoms with E-state index in [2.05, 4.69) is 20.9 Å². The molecule has 0 aliphatic heterocycles. The van der Waals surface area contributed by atoms with Crippen LogP contribution in [0, 0.1) is 0 Å². The number of hydrogen-bond donors (Lipinski definition) is 6. The van der Waals surface area contributed by atoms with Crippen molar-refractivity contribution in [3.63, 3.8) is 0 Å². The fraction of sp³-hybridized carbons (Fsp3) is 0.364. The molecule has 0 aliphatic carbocycles. The van der Waals surface area contributed by atoms with E-state index in [1.165, 1.54) is 0 Å². The van der Waals surface area contributed by atoms with Crippen molar-refractivity contribution in [1.29, 1.82) is 0 Å². The molecule has 0 saturated carbocycles. The molecular formula is C22H31N5O7S. The Morgan fingerprint density at radius 3 is 2.31 bits per heavy atom. The largest absolute Gasteiger partial charge is 0.497 e. The van der Waals surface area contributed by atoms with Gasteiger partial charge in [0.05, 0.1) is 18.2 Å². The fourth-order valence-electron chi connectivity index (χ4n) is 3.14. The summed E-state index contributed by atoms with van der Waals surface area (Å²) in [6.07, 6.45) is -0.0644. The molecule has 12 nitrogen and oxygen atoms in total. The van der Waals surface area contributed by atoms with Gasteiger partial charge in [-0.3, -0.25) is 9.11 Å². The average molecular weight is 510 g/mol. The second-order valence-corrected chi connectivity index (χ2v) is 8.71. The van der Waals surface area contributed by atoms with Crippen LogP contribution in [0.4, 0.5) is 5.82 Å². The number of hydrogen-bond acceptors (Lipinski definition) is 10. The van der Waals surface area contributed by atoms with Crippen LogP contribution < -0.4 is 26.1 Å². The molecule has 1 heterocycles. The number of fused-ring (bicyclic) bond motifs is 1. The number of aliphatic hydroxyl groups excluding tert-OH is 1. The van der Waals surface area contributed by atoms with Crippen molar-refractivity contribution in [2.75, 3.05) is 25.7 Å². The Bertz CT molecular complexity index is 1180. The third-order valence-electron chi connectivity index (χ3n) is 4.70. The summed E-state index contributed by atoms with van der Waals surface area (Å²) in [5, 5.41) is 23.7. The zero-order valence-electron chi connectivity index (χ0n) is 19.7. The highest BCUT2D eigenvalue weighted by Gasteiger charge is 2.16. The van der Waals surface area contributed by atoms with Gasteiger partial charge in [0, 0.05) is 24.4 Å². The van der Waals surface area contributed by atoms with E-state index in [9.17, 15) is 5.11 Å². The SMILES string of the molecule is COc1ccc(Cc2nnc(NN)c3cccc(OCC(O)CNC(C)C)c23)cc1.O=S(=O)(O)O. The molecular weight excluding hydrogens is 478 g/mol. The highest BCUT2D eigenvalue weighted by atomic mass is 32.3. The zero-order chi connectivity index (χ0) is 26.0. The smallest absolute Gasteiger partial charge is 0.394 e. The van der Waals surface area contributed by atoms with Crippen molar-refractivity contribution in [3.05, 3.63) is 53.7 Å². The Morgan fingerprint density at radius 1 is 1.09 bits per heavy atom. The van der Waals surface area contributed by atoms with E-state index < -0.39 is 16.5 Å². The molecule has 3 rings (SSSR count). The summed E-state index contributed by atoms with van der Waals surface area (Å²) in [5.74, 6) is 7.53. The van der Waals surface area contributed by atoms with Gasteiger partial charge >= 0.3 is 10.4 Å². The molecule has 1 atom stereocenters. The van der Waals surface area contributed by atoms with E-state index in [1.54, 1.807) is 7.11 Å². The Labute approximate surface area is 204 Å². The first-order valence-corrected chi connectivity index (χ1v) is 12.0. The van der Waals surface area contributed by atoms with Gasteiger partial charge in [-0.1, -0.05) is 38.1 Å². The number of nitrogens with zero attached hydrogens (tertiary/aromatic N) is 2. The van der Waals surface area contributed by atoms with Gasteiger partial charge in [-0.05, 0) is 23.8 Å². The third kappa shape index (κ3) is 9.60. The summed E-state index contributed by atoms with van der Waals surface area (Å²) >= 11 is 0. The maximum atomic E-state index is 10.2. The first kappa shape index (κ1) is 28.2. The lowest BCUT2D eigenvalue weighted by Gasteiger charge is -2.17. The number of hydrazine groups is 1. The van der Waals surface area contributed by atoms with Gasteiger partial charge in [-0.25, -0.2) is 5.84 Å². The standard InChI is InChI=1S/C22H29N5O3.H2O4S/c1-14(2)24-12-16(28)13-30-20-6-4-5-18-21(20)19(26-27-22(18)25-23)11-15-7-9-17(29-3)10-8-15;1-5(2,3)4/h4-10,14,16,24,28H,11-13,23H2,1-3H3,(H,25,27);(H2,1,2,3,4). The number of rotatable bonds is 10. The van der Waals surface area contributed by atoms with E-state index in [0.29, 0.717) is 30.6 Å². The van der Waals surface area contributed by atoms with E-state index in [1.807, 2.05) is 56.3 Å². The maximum absolute atomic E-state index is 10.2. The minimum absolute atomic E-state index is 0.161. The molecule has 35 heavy (non-hydrogen) atoms. The molecule has 3 aromatic rings. The summed E-state index contributed by atoms with van der Waals surface area (Å²) in [4.78, 5) is 0. The van der Waals surface area contributed by atoms with Crippen LogP contribution in [0.1, 0.15) is 25.1 Å². The van der Waals surface area contributed by atoms with E-state index in [-0.39, 0.29) is 6.61 Å². The van der Waals surface area contributed by atoms with Crippen LogP contribution in [0.3, 0.4) is 0 Å². The maximum Gasteiger partial charge on any atom is 0.394 e. The molecule has 0 spiro atoms. The molecule has 7 N–H and O–H groups in total. The molecule has 1 aromatic heterocycles. The topological polar surface area (TPSA) is 189 Å². The monoisotopic (exact) mass is 509 g/mol. The lowest BCUT2D eigenvalue weighted by atomic mass is 10.0. The summed E-state index contributed by atoms with van der Waals surface area (Å²) in [7, 11) is -3.03. The Kier molecular flexibility index (Phi) is 10.6. The van der Waals surface area contributed by atoms with Gasteiger partial charge < -0.3 is 25.3 Å². The number of aromatic nitrogens is 2. The molecule has 0 amide bonds. The van der Waals surface area contributed by atoms with Gasteiger partial charge in [-0.2, -0.15) is 13.5 Å². The predicted octanol–water partition coefficient (Wildman–Crippen LogP) is 1.60. The van der Waals surface area contributed by atoms with Gasteiger partial charge in [-0.15, -0.1) is 5.10 Å². The first-order chi connectivity index (χ1) is 16.5. The highest BCUT2D eigenvalue weighted by molar-refractivity contribution is 7.79. The van der Waals surface area contributed by atoms with Crippen molar-refractivity contribution in [2.45, 2.75) is 32.4 Å². The van der Waals surface area contributed by atoms with Crippen molar-refractivity contribution >= 4 is 27.0 Å². The summed E-state index contributed by atoms with van der Waals surface area (Å²) in [5.41, 5.74) is 4.42. The molecule has 192 valence electrons. The number of nitrogens with two attached hydrogens (primary N) is 1. The van der Waals surface area contributed by atoms with Crippen LogP contribution in [-0.4, -0.2) is 65.2 Å². The number of nitrogens with one attached hydrogen (secondary N) is 2. The van der Waals surface area contributed by atoms with Crippen LogP contribution in [-0.2, 0) is 16.8 Å². The second kappa shape index (κ2) is 13.1. The molecule has 2 aromatic carbocycles. The molecule has 0 fully saturated rings. The summed E-state index contributed by atoms with van der Waals surface area (Å²) in [6.45, 7) is 4.68. The Hall–Kier alpha value is -3.07. The molecule has 0 radical (unpaired) electrons. The van der Waals surface area contributed by atoms with Crippen molar-refractivity contribution in [2.24, 2.45) is 5.84 Å². The van der Waals surface area contributed by atoms with Gasteiger partial charge in [0.1, 0.15) is 24.2 Å². The Balaban J connectivity index is 0.000000784. The van der Waals surface area contributed by atoms with Crippen molar-refractivity contribution < 1.29 is 32.1 Å². The van der Waals surface area contributed by atoms with Gasteiger partial charge in [0.15, 0.2) is 5.82 Å². The lowest BCUT2D eigenvalue weighted by Crippen LogP contribution is -2.35. The molecule has 0 aliphatic rings. The average Bonchev–Trinajstić information content (AvgIpc) is 2.81. The van der Waals surface area contributed by atoms with Crippen LogP contribution in [0.5, 0.6) is 11.5 Å². The molecule has 0 saturated heterocycles. The van der Waals surface area contributed by atoms with E-state index in [4.69, 9.17) is 32.8 Å². The number of anilines is 1. The zero-order valence-corrected chi connectivity index (χ0v) is 20.5. The van der Waals surface area contributed by atoms with Crippen molar-refractivity contribution in [1.82, 2.24) is 15.5 Å². The van der Waals surface area contributed by atoms with Crippen LogP contribution in [0.2, 0.25) is 0 Å². The lowest BCUT2D eigenvalue weighted by molar-refractivity contribution is 0.105. The fourth-order valence-corrected chi connectivity index (χ4v) is 3.14. The number of benzene rings is 2. The molecule has 13 heteroatoms. The van der Waals surface area contributed by atoms with Crippen LogP contribution in [0.15, 0.2) is 42.5 Å². The molecule has 1 unspecified atom stereocenters. The minimum Gasteiger partial charge on any atom is -0.497 e. The minimum atomic E-state index is -4.67. The Morgan fingerprint density at radius 2 is 1.74 bits per heavy atom. The third-order valence-corrected chi connectivity index (χ3v) is 4.70. The number of aliphatic hydroxyl groups is 1. The van der Waals surface area contributed by atoms with Crippen LogP contribution in [0.25, 0.3) is 10.8 Å². The normalized spacial score (nSPS) is 12.1.